The van der Waals surface area contributed by atoms with Gasteiger partial charge in [0.15, 0.2) is 0 Å². The Bertz CT molecular complexity index is 124. The molecule has 0 aromatic carbocycles. The molecule has 0 amide bonds. The molecule has 0 aliphatic rings. The molecule has 0 spiro atoms. The topological polar surface area (TPSA) is 35.5 Å². The molecule has 0 N–H and O–H groups in total. The Morgan fingerprint density at radius 3 is 1.38 bits per heavy atom. The summed E-state index contributed by atoms with van der Waals surface area (Å²) in [4.78, 5) is 0. The van der Waals surface area contributed by atoms with Crippen LogP contribution in [0.2, 0.25) is 10.5 Å². The van der Waals surface area contributed by atoms with Gasteiger partial charge in [0.1, 0.15) is 0 Å². The Morgan fingerprint density at radius 2 is 1.38 bits per heavy atom. The first kappa shape index (κ1) is 8.43. The molecule has 0 saturated carbocycles. The predicted molar refractivity (Wildman–Crippen MR) is 26.4 cm³/mol. The van der Waals surface area contributed by atoms with E-state index in [1.165, 1.54) is 24.7 Å². The normalized spacial score (nSPS) is 14.1. The van der Waals surface area contributed by atoms with E-state index in [0.29, 0.717) is 0 Å². The van der Waals surface area contributed by atoms with Gasteiger partial charge in [-0.1, -0.05) is 0 Å². The first-order valence-electron chi connectivity index (χ1n) is 2.43. The van der Waals surface area contributed by atoms with Crippen LogP contribution in [0.1, 0.15) is 0 Å². The summed E-state index contributed by atoms with van der Waals surface area (Å²) in [5.41, 5.74) is 0. The molecule has 0 atom stereocenters. The Hall–Kier alpha value is 0.434. The zero-order valence-corrected chi connectivity index (χ0v) is 7.29. The van der Waals surface area contributed by atoms with E-state index in [-0.39, 0.29) is 0 Å². The summed E-state index contributed by atoms with van der Waals surface area (Å²) in [6.07, 6.45) is 0. The molecule has 0 unspecified atom stereocenters. The Morgan fingerprint density at radius 1 is 1.12 bits per heavy atom. The van der Waals surface area contributed by atoms with E-state index in [1.54, 1.807) is 0 Å². The van der Waals surface area contributed by atoms with Crippen LogP contribution in [0.25, 0.3) is 0 Å². The Balaban J connectivity index is 4.25. The summed E-state index contributed by atoms with van der Waals surface area (Å²) in [5.74, 6) is 0. The zero-order chi connectivity index (χ0) is 6.86. The van der Waals surface area contributed by atoms with Gasteiger partial charge in [-0.3, -0.25) is 0 Å². The first-order valence-corrected chi connectivity index (χ1v) is 7.46. The van der Waals surface area contributed by atoms with Crippen LogP contribution in [0.15, 0.2) is 0 Å². The third-order valence-corrected chi connectivity index (χ3v) is 4.74. The summed E-state index contributed by atoms with van der Waals surface area (Å²) in [6.45, 7) is 0. The van der Waals surface area contributed by atoms with E-state index in [9.17, 15) is 3.32 Å². The summed E-state index contributed by atoms with van der Waals surface area (Å²) in [7, 11) is 2.79. The molecular formula is C4H12O3Ti. The summed E-state index contributed by atoms with van der Waals surface area (Å²) >= 11 is -3.96. The molecule has 0 fully saturated rings. The maximum atomic E-state index is 11.2. The third kappa shape index (κ3) is 2.67. The van der Waals surface area contributed by atoms with Crippen LogP contribution < -0.4 is 0 Å². The summed E-state index contributed by atoms with van der Waals surface area (Å²) in [6, 6.07) is 0. The van der Waals surface area contributed by atoms with E-state index >= 15 is 0 Å². The fourth-order valence-corrected chi connectivity index (χ4v) is 0.344. The molecule has 0 aliphatic carbocycles. The quantitative estimate of drug-likeness (QED) is 0.564. The van der Waals surface area contributed by atoms with Gasteiger partial charge in [0.25, 0.3) is 0 Å². The van der Waals surface area contributed by atoms with Crippen LogP contribution in [0.5, 0.6) is 0 Å². The van der Waals surface area contributed by atoms with Crippen LogP contribution in [0, 0.1) is 0 Å². The van der Waals surface area contributed by atoms with Crippen molar-refractivity contribution in [2.24, 2.45) is 0 Å². The fraction of sp³-hybridized carbons (Fsp3) is 1.00. The van der Waals surface area contributed by atoms with E-state index in [4.69, 9.17) is 0 Å². The molecule has 0 rings (SSSR count). The van der Waals surface area contributed by atoms with Crippen LogP contribution in [-0.4, -0.2) is 14.2 Å². The van der Waals surface area contributed by atoms with Crippen molar-refractivity contribution in [3.63, 3.8) is 0 Å². The Labute approximate surface area is 51.1 Å². The Kier molecular flexibility index (Phi) is 2.10. The molecule has 8 heavy (non-hydrogen) atoms. The van der Waals surface area contributed by atoms with Crippen molar-refractivity contribution in [2.45, 2.75) is 10.5 Å². The van der Waals surface area contributed by atoms with Crippen LogP contribution in [-0.2, 0) is 26.0 Å². The van der Waals surface area contributed by atoms with E-state index in [0.717, 1.165) is 0 Å². The van der Waals surface area contributed by atoms with E-state index < -0.39 is 16.1 Å². The molecule has 0 radical (unpaired) electrons. The van der Waals surface area contributed by atoms with Crippen molar-refractivity contribution in [1.82, 2.24) is 0 Å². The summed E-state index contributed by atoms with van der Waals surface area (Å²) in [5, 5.41) is 3.02. The molecule has 0 saturated heterocycles. The number of hydrogen-bond donors (Lipinski definition) is 0. The second-order valence-electron chi connectivity index (χ2n) is 2.38. The molecule has 50 valence electrons. The fourth-order valence-electron chi connectivity index (χ4n) is 0.0833. The number of rotatable bonds is 2. The van der Waals surface area contributed by atoms with Crippen molar-refractivity contribution in [1.29, 1.82) is 0 Å². The van der Waals surface area contributed by atoms with Crippen molar-refractivity contribution in [3.8, 4) is 0 Å². The average Bonchev–Trinajstić information content (AvgIpc) is 1.68. The summed E-state index contributed by atoms with van der Waals surface area (Å²) < 4.78 is 20.5. The van der Waals surface area contributed by atoms with Gasteiger partial charge in [0.2, 0.25) is 0 Å². The van der Waals surface area contributed by atoms with Crippen LogP contribution >= 0.6 is 0 Å². The molecule has 0 aromatic rings. The zero-order valence-electron chi connectivity index (χ0n) is 5.72. The standard InChI is InChI=1S/2CH3O.2CH3.O.Ti/c2*1-2;;;;/h2*1H3;2*1H3;;/q2*-1;;;;+2. The van der Waals surface area contributed by atoms with E-state index in [1.807, 2.05) is 0 Å². The van der Waals surface area contributed by atoms with Crippen LogP contribution in [0.4, 0.5) is 0 Å². The van der Waals surface area contributed by atoms with Crippen molar-refractivity contribution in [2.75, 3.05) is 14.2 Å². The van der Waals surface area contributed by atoms with Crippen molar-refractivity contribution in [3.05, 3.63) is 0 Å². The van der Waals surface area contributed by atoms with Crippen LogP contribution in [0.3, 0.4) is 0 Å². The second-order valence-corrected chi connectivity index (χ2v) is 9.83. The first-order chi connectivity index (χ1) is 3.39. The van der Waals surface area contributed by atoms with E-state index in [2.05, 4.69) is 6.64 Å². The maximum absolute atomic E-state index is 11.2. The van der Waals surface area contributed by atoms with Gasteiger partial charge in [-0.25, -0.2) is 0 Å². The predicted octanol–water partition coefficient (Wildman–Crippen LogP) is 1.24. The van der Waals surface area contributed by atoms with Gasteiger partial charge in [0, 0.05) is 0 Å². The second kappa shape index (κ2) is 1.99. The van der Waals surface area contributed by atoms with Gasteiger partial charge < -0.3 is 0 Å². The molecule has 0 heterocycles. The average molecular weight is 156 g/mol. The van der Waals surface area contributed by atoms with Gasteiger partial charge in [-0.2, -0.15) is 0 Å². The van der Waals surface area contributed by atoms with Gasteiger partial charge in [0.05, 0.1) is 0 Å². The minimum absolute atomic E-state index is 1.40. The molecule has 0 aromatic heterocycles. The van der Waals surface area contributed by atoms with Gasteiger partial charge in [-0.05, 0) is 0 Å². The third-order valence-electron chi connectivity index (χ3n) is 1.15. The monoisotopic (exact) mass is 156 g/mol. The van der Waals surface area contributed by atoms with Crippen molar-refractivity contribution >= 4 is 0 Å². The molecule has 4 heteroatoms. The molecule has 0 bridgehead atoms. The molecule has 0 aliphatic heterocycles. The molecule has 3 nitrogen and oxygen atoms in total. The minimum atomic E-state index is -3.96. The van der Waals surface area contributed by atoms with Gasteiger partial charge >= 0.3 is 50.7 Å². The molecular weight excluding hydrogens is 144 g/mol. The van der Waals surface area contributed by atoms with Gasteiger partial charge in [-0.15, -0.1) is 0 Å². The van der Waals surface area contributed by atoms with Crippen molar-refractivity contribution < 1.29 is 26.0 Å². The SMILES string of the molecule is C[O][Ti]([CH3])([CH3])(=[O])[O]C. The number of hydrogen-bond acceptors (Lipinski definition) is 3.